The molecule has 0 bridgehead atoms. The molecular formula is C16H25N3O. The Morgan fingerprint density at radius 1 is 1.35 bits per heavy atom. The van der Waals surface area contributed by atoms with Gasteiger partial charge in [-0.2, -0.15) is 0 Å². The van der Waals surface area contributed by atoms with Crippen molar-refractivity contribution in [3.8, 4) is 0 Å². The highest BCUT2D eigenvalue weighted by Gasteiger charge is 2.29. The van der Waals surface area contributed by atoms with Gasteiger partial charge in [0.1, 0.15) is 0 Å². The van der Waals surface area contributed by atoms with Crippen molar-refractivity contribution in [2.24, 2.45) is 0 Å². The molecule has 1 fully saturated rings. The van der Waals surface area contributed by atoms with E-state index in [1.807, 2.05) is 24.0 Å². The van der Waals surface area contributed by atoms with E-state index in [0.717, 1.165) is 38.2 Å². The first-order valence-corrected chi connectivity index (χ1v) is 7.45. The van der Waals surface area contributed by atoms with Crippen molar-refractivity contribution >= 4 is 11.6 Å². The number of likely N-dealkylation sites (N-methyl/N-ethyl adjacent to an activating group) is 1. The van der Waals surface area contributed by atoms with Gasteiger partial charge in [0, 0.05) is 30.4 Å². The molecule has 1 amide bonds. The first kappa shape index (κ1) is 14.9. The molecule has 1 heterocycles. The number of aryl methyl sites for hydroxylation is 1. The Labute approximate surface area is 121 Å². The minimum Gasteiger partial charge on any atom is -0.399 e. The zero-order valence-electron chi connectivity index (χ0n) is 12.7. The average Bonchev–Trinajstić information content (AvgIpc) is 2.88. The van der Waals surface area contributed by atoms with Crippen molar-refractivity contribution in [3.63, 3.8) is 0 Å². The molecule has 4 heteroatoms. The number of carbonyl (C=O) groups is 1. The van der Waals surface area contributed by atoms with Gasteiger partial charge < -0.3 is 10.6 Å². The summed E-state index contributed by atoms with van der Waals surface area (Å²) in [6, 6.07) is 6.08. The lowest BCUT2D eigenvalue weighted by Crippen LogP contribution is -2.38. The summed E-state index contributed by atoms with van der Waals surface area (Å²) in [5.74, 6) is 0.107. The topological polar surface area (TPSA) is 49.6 Å². The molecule has 0 radical (unpaired) electrons. The van der Waals surface area contributed by atoms with Crippen LogP contribution in [-0.4, -0.2) is 47.9 Å². The van der Waals surface area contributed by atoms with E-state index in [1.54, 1.807) is 6.07 Å². The number of amides is 1. The minimum atomic E-state index is 0.107. The van der Waals surface area contributed by atoms with E-state index in [4.69, 9.17) is 5.73 Å². The number of anilines is 1. The fraction of sp³-hybridized carbons (Fsp3) is 0.562. The summed E-state index contributed by atoms with van der Waals surface area (Å²) in [5.41, 5.74) is 8.24. The average molecular weight is 275 g/mol. The van der Waals surface area contributed by atoms with Gasteiger partial charge in [-0.05, 0) is 50.2 Å². The van der Waals surface area contributed by atoms with Gasteiger partial charge >= 0.3 is 0 Å². The summed E-state index contributed by atoms with van der Waals surface area (Å²) in [7, 11) is 0. The SMILES string of the molecule is CCN(CC)C1CCN(C(=O)c2cc(C)cc(N)c2)C1. The largest absolute Gasteiger partial charge is 0.399 e. The highest BCUT2D eigenvalue weighted by molar-refractivity contribution is 5.95. The maximum atomic E-state index is 12.5. The summed E-state index contributed by atoms with van der Waals surface area (Å²) < 4.78 is 0. The number of nitrogens with two attached hydrogens (primary N) is 1. The molecule has 2 rings (SSSR count). The number of nitrogen functional groups attached to an aromatic ring is 1. The predicted molar refractivity (Wildman–Crippen MR) is 82.8 cm³/mol. The van der Waals surface area contributed by atoms with Crippen LogP contribution in [0, 0.1) is 6.92 Å². The Bertz CT molecular complexity index is 462. The number of carbonyl (C=O) groups excluding carboxylic acids is 1. The van der Waals surface area contributed by atoms with E-state index in [9.17, 15) is 4.79 Å². The first-order valence-electron chi connectivity index (χ1n) is 7.45. The molecule has 2 N–H and O–H groups in total. The number of nitrogens with zero attached hydrogens (tertiary/aromatic N) is 2. The normalized spacial score (nSPS) is 18.8. The van der Waals surface area contributed by atoms with Crippen molar-refractivity contribution < 1.29 is 4.79 Å². The van der Waals surface area contributed by atoms with Gasteiger partial charge in [0.2, 0.25) is 0 Å². The standard InChI is InChI=1S/C16H25N3O/c1-4-18(5-2)15-6-7-19(11-15)16(20)13-8-12(3)9-14(17)10-13/h8-10,15H,4-7,11,17H2,1-3H3. The molecule has 0 spiro atoms. The van der Waals surface area contributed by atoms with E-state index in [2.05, 4.69) is 18.7 Å². The van der Waals surface area contributed by atoms with Gasteiger partial charge in [0.25, 0.3) is 5.91 Å². The molecule has 4 nitrogen and oxygen atoms in total. The summed E-state index contributed by atoms with van der Waals surface area (Å²) in [6.45, 7) is 10.1. The van der Waals surface area contributed by atoms with Crippen LogP contribution in [0.4, 0.5) is 5.69 Å². The lowest BCUT2D eigenvalue weighted by Gasteiger charge is -2.26. The van der Waals surface area contributed by atoms with E-state index in [-0.39, 0.29) is 5.91 Å². The van der Waals surface area contributed by atoms with Crippen LogP contribution in [0.2, 0.25) is 0 Å². The third-order valence-electron chi connectivity index (χ3n) is 4.13. The number of likely N-dealkylation sites (tertiary alicyclic amines) is 1. The second kappa shape index (κ2) is 6.27. The van der Waals surface area contributed by atoms with E-state index < -0.39 is 0 Å². The Morgan fingerprint density at radius 2 is 2.05 bits per heavy atom. The van der Waals surface area contributed by atoms with Crippen LogP contribution < -0.4 is 5.73 Å². The Kier molecular flexibility index (Phi) is 4.65. The van der Waals surface area contributed by atoms with Crippen LogP contribution in [0.25, 0.3) is 0 Å². The second-order valence-corrected chi connectivity index (χ2v) is 5.55. The molecule has 1 aliphatic heterocycles. The molecule has 1 aromatic carbocycles. The lowest BCUT2D eigenvalue weighted by atomic mass is 10.1. The van der Waals surface area contributed by atoms with Crippen LogP contribution in [-0.2, 0) is 0 Å². The van der Waals surface area contributed by atoms with Crippen LogP contribution in [0.1, 0.15) is 36.2 Å². The lowest BCUT2D eigenvalue weighted by molar-refractivity contribution is 0.0778. The first-order chi connectivity index (χ1) is 9.55. The number of hydrogen-bond donors (Lipinski definition) is 1. The summed E-state index contributed by atoms with van der Waals surface area (Å²) in [5, 5.41) is 0. The van der Waals surface area contributed by atoms with Crippen LogP contribution in [0.3, 0.4) is 0 Å². The zero-order chi connectivity index (χ0) is 14.7. The van der Waals surface area contributed by atoms with Crippen LogP contribution >= 0.6 is 0 Å². The van der Waals surface area contributed by atoms with Gasteiger partial charge in [-0.3, -0.25) is 9.69 Å². The third kappa shape index (κ3) is 3.12. The maximum absolute atomic E-state index is 12.5. The summed E-state index contributed by atoms with van der Waals surface area (Å²) in [4.78, 5) is 16.9. The number of hydrogen-bond acceptors (Lipinski definition) is 3. The highest BCUT2D eigenvalue weighted by Crippen LogP contribution is 2.20. The van der Waals surface area contributed by atoms with E-state index >= 15 is 0 Å². The van der Waals surface area contributed by atoms with E-state index in [0.29, 0.717) is 17.3 Å². The van der Waals surface area contributed by atoms with Gasteiger partial charge in [0.05, 0.1) is 0 Å². The smallest absolute Gasteiger partial charge is 0.253 e. The van der Waals surface area contributed by atoms with Crippen molar-refractivity contribution in [1.82, 2.24) is 9.80 Å². The molecule has 1 aromatic rings. The van der Waals surface area contributed by atoms with Crippen molar-refractivity contribution in [3.05, 3.63) is 29.3 Å². The molecule has 20 heavy (non-hydrogen) atoms. The molecule has 1 unspecified atom stereocenters. The molecule has 1 atom stereocenters. The van der Waals surface area contributed by atoms with Gasteiger partial charge in [0.15, 0.2) is 0 Å². The Morgan fingerprint density at radius 3 is 2.65 bits per heavy atom. The second-order valence-electron chi connectivity index (χ2n) is 5.55. The van der Waals surface area contributed by atoms with Gasteiger partial charge in [-0.15, -0.1) is 0 Å². The number of rotatable bonds is 4. The predicted octanol–water partition coefficient (Wildman–Crippen LogP) is 2.13. The fourth-order valence-electron chi connectivity index (χ4n) is 3.08. The van der Waals surface area contributed by atoms with Crippen molar-refractivity contribution in [1.29, 1.82) is 0 Å². The molecule has 1 aliphatic rings. The molecular weight excluding hydrogens is 250 g/mol. The molecule has 0 aromatic heterocycles. The minimum absolute atomic E-state index is 0.107. The molecule has 0 saturated carbocycles. The molecule has 0 aliphatic carbocycles. The van der Waals surface area contributed by atoms with Gasteiger partial charge in [-0.1, -0.05) is 13.8 Å². The third-order valence-corrected chi connectivity index (χ3v) is 4.13. The van der Waals surface area contributed by atoms with E-state index in [1.165, 1.54) is 0 Å². The zero-order valence-corrected chi connectivity index (χ0v) is 12.7. The van der Waals surface area contributed by atoms with Crippen molar-refractivity contribution in [2.75, 3.05) is 31.9 Å². The van der Waals surface area contributed by atoms with Crippen molar-refractivity contribution in [2.45, 2.75) is 33.2 Å². The van der Waals surface area contributed by atoms with Crippen LogP contribution in [0.5, 0.6) is 0 Å². The van der Waals surface area contributed by atoms with Gasteiger partial charge in [-0.25, -0.2) is 0 Å². The maximum Gasteiger partial charge on any atom is 0.253 e. The number of benzene rings is 1. The summed E-state index contributed by atoms with van der Waals surface area (Å²) >= 11 is 0. The Hall–Kier alpha value is -1.55. The highest BCUT2D eigenvalue weighted by atomic mass is 16.2. The molecule has 1 saturated heterocycles. The quantitative estimate of drug-likeness (QED) is 0.856. The fourth-order valence-corrected chi connectivity index (χ4v) is 3.08. The summed E-state index contributed by atoms with van der Waals surface area (Å²) in [6.07, 6.45) is 1.06. The molecule has 110 valence electrons. The van der Waals surface area contributed by atoms with Crippen LogP contribution in [0.15, 0.2) is 18.2 Å². The monoisotopic (exact) mass is 275 g/mol. The Balaban J connectivity index is 2.07.